The van der Waals surface area contributed by atoms with Crippen molar-refractivity contribution in [3.63, 3.8) is 0 Å². The molecule has 0 radical (unpaired) electrons. The van der Waals surface area contributed by atoms with Crippen LogP contribution in [-0.4, -0.2) is 21.9 Å². The zero-order valence-corrected chi connectivity index (χ0v) is 15.1. The molecule has 0 unspecified atom stereocenters. The van der Waals surface area contributed by atoms with Gasteiger partial charge < -0.3 is 10.6 Å². The number of amides is 1. The molecule has 1 aromatic heterocycles. The van der Waals surface area contributed by atoms with Crippen molar-refractivity contribution in [2.75, 3.05) is 5.32 Å². The molecule has 1 saturated carbocycles. The second-order valence-corrected chi connectivity index (χ2v) is 6.79. The van der Waals surface area contributed by atoms with Crippen LogP contribution in [0.1, 0.15) is 36.0 Å². The van der Waals surface area contributed by atoms with Gasteiger partial charge in [-0.05, 0) is 37.1 Å². The molecular weight excluding hydrogens is 336 g/mol. The maximum atomic E-state index is 12.5. The Morgan fingerprint density at radius 3 is 2.59 bits per heavy atom. The van der Waals surface area contributed by atoms with E-state index in [1.165, 1.54) is 12.8 Å². The summed E-state index contributed by atoms with van der Waals surface area (Å²) in [6, 6.07) is 19.5. The highest BCUT2D eigenvalue weighted by Gasteiger charge is 2.18. The lowest BCUT2D eigenvalue weighted by molar-refractivity contribution is 0.0938. The van der Waals surface area contributed by atoms with Gasteiger partial charge >= 0.3 is 0 Å². The van der Waals surface area contributed by atoms with Crippen molar-refractivity contribution in [3.8, 4) is 11.4 Å². The fraction of sp³-hybridized carbons (Fsp3) is 0.227. The number of hydrogen-bond donors (Lipinski definition) is 2. The van der Waals surface area contributed by atoms with Gasteiger partial charge in [0.1, 0.15) is 5.82 Å². The predicted molar refractivity (Wildman–Crippen MR) is 107 cm³/mol. The maximum Gasteiger partial charge on any atom is 0.251 e. The van der Waals surface area contributed by atoms with Crippen molar-refractivity contribution in [3.05, 3.63) is 72.4 Å². The number of hydrogen-bond acceptors (Lipinski definition) is 4. The van der Waals surface area contributed by atoms with E-state index in [-0.39, 0.29) is 5.91 Å². The first-order chi connectivity index (χ1) is 13.3. The highest BCUT2D eigenvalue weighted by molar-refractivity contribution is 5.95. The number of nitrogens with zero attached hydrogens (tertiary/aromatic N) is 2. The Bertz CT molecular complexity index is 920. The van der Waals surface area contributed by atoms with Crippen LogP contribution in [0.15, 0.2) is 66.9 Å². The van der Waals surface area contributed by atoms with Gasteiger partial charge in [-0.1, -0.05) is 49.2 Å². The minimum absolute atomic E-state index is 0.0155. The van der Waals surface area contributed by atoms with Crippen LogP contribution in [0.2, 0.25) is 0 Å². The first kappa shape index (κ1) is 17.2. The highest BCUT2D eigenvalue weighted by Crippen LogP contribution is 2.21. The Balaban J connectivity index is 1.49. The van der Waals surface area contributed by atoms with Gasteiger partial charge in [-0.25, -0.2) is 9.97 Å². The monoisotopic (exact) mass is 358 g/mol. The summed E-state index contributed by atoms with van der Waals surface area (Å²) in [5.74, 6) is 1.34. The van der Waals surface area contributed by atoms with Crippen LogP contribution >= 0.6 is 0 Å². The van der Waals surface area contributed by atoms with Crippen molar-refractivity contribution in [2.45, 2.75) is 31.7 Å². The first-order valence-electron chi connectivity index (χ1n) is 9.34. The third-order valence-corrected chi connectivity index (χ3v) is 4.78. The number of aromatic nitrogens is 2. The van der Waals surface area contributed by atoms with Gasteiger partial charge in [0.15, 0.2) is 5.82 Å². The molecule has 0 bridgehead atoms. The Morgan fingerprint density at radius 2 is 1.78 bits per heavy atom. The van der Waals surface area contributed by atoms with Gasteiger partial charge in [0.25, 0.3) is 5.91 Å². The summed E-state index contributed by atoms with van der Waals surface area (Å²) in [6.45, 7) is 0. The number of rotatable bonds is 5. The second-order valence-electron chi connectivity index (χ2n) is 6.79. The van der Waals surface area contributed by atoms with Crippen molar-refractivity contribution in [1.29, 1.82) is 0 Å². The lowest BCUT2D eigenvalue weighted by Gasteiger charge is -2.13. The second kappa shape index (κ2) is 7.99. The molecule has 0 aliphatic heterocycles. The van der Waals surface area contributed by atoms with Crippen molar-refractivity contribution < 1.29 is 4.79 Å². The summed E-state index contributed by atoms with van der Waals surface area (Å²) >= 11 is 0. The lowest BCUT2D eigenvalue weighted by Crippen LogP contribution is -2.32. The van der Waals surface area contributed by atoms with Gasteiger partial charge in [-0.3, -0.25) is 4.79 Å². The van der Waals surface area contributed by atoms with Crippen LogP contribution in [0.25, 0.3) is 11.4 Å². The summed E-state index contributed by atoms with van der Waals surface area (Å²) in [7, 11) is 0. The predicted octanol–water partition coefficient (Wildman–Crippen LogP) is 4.56. The maximum absolute atomic E-state index is 12.5. The fourth-order valence-electron chi connectivity index (χ4n) is 3.38. The molecule has 1 aliphatic carbocycles. The number of carbonyl (C=O) groups excluding carboxylic acids is 1. The third kappa shape index (κ3) is 4.31. The van der Waals surface area contributed by atoms with Crippen molar-refractivity contribution >= 4 is 17.4 Å². The molecule has 1 amide bonds. The van der Waals surface area contributed by atoms with Gasteiger partial charge in [0, 0.05) is 29.1 Å². The standard InChI is InChI=1S/C22H22N4O/c27-22(25-18-10-4-5-11-18)17-9-6-12-19(15-17)24-20-13-14-23-21(26-20)16-7-2-1-3-8-16/h1-3,6-9,12-15,18H,4-5,10-11H2,(H,25,27)(H,23,24,26). The molecular formula is C22H22N4O. The van der Waals surface area contributed by atoms with Gasteiger partial charge in [0.2, 0.25) is 0 Å². The third-order valence-electron chi connectivity index (χ3n) is 4.78. The average molecular weight is 358 g/mol. The Labute approximate surface area is 158 Å². The van der Waals surface area contributed by atoms with Crippen LogP contribution in [0, 0.1) is 0 Å². The molecule has 1 heterocycles. The molecule has 5 heteroatoms. The molecule has 27 heavy (non-hydrogen) atoms. The molecule has 2 N–H and O–H groups in total. The quantitative estimate of drug-likeness (QED) is 0.702. The molecule has 2 aromatic carbocycles. The molecule has 1 fully saturated rings. The SMILES string of the molecule is O=C(NC1CCCC1)c1cccc(Nc2ccnc(-c3ccccc3)n2)c1. The first-order valence-corrected chi connectivity index (χ1v) is 9.34. The Hall–Kier alpha value is -3.21. The van der Waals surface area contributed by atoms with Crippen molar-refractivity contribution in [1.82, 2.24) is 15.3 Å². The van der Waals surface area contributed by atoms with E-state index in [2.05, 4.69) is 20.6 Å². The van der Waals surface area contributed by atoms with Crippen LogP contribution in [-0.2, 0) is 0 Å². The molecule has 1 aliphatic rings. The largest absolute Gasteiger partial charge is 0.349 e. The van der Waals surface area contributed by atoms with E-state index >= 15 is 0 Å². The Kier molecular flexibility index (Phi) is 5.10. The fourth-order valence-corrected chi connectivity index (χ4v) is 3.38. The van der Waals surface area contributed by atoms with E-state index in [1.54, 1.807) is 6.20 Å². The Morgan fingerprint density at radius 1 is 0.963 bits per heavy atom. The van der Waals surface area contributed by atoms with Crippen LogP contribution < -0.4 is 10.6 Å². The highest BCUT2D eigenvalue weighted by atomic mass is 16.1. The van der Waals surface area contributed by atoms with E-state index in [9.17, 15) is 4.79 Å². The molecule has 0 atom stereocenters. The van der Waals surface area contributed by atoms with E-state index in [1.807, 2.05) is 60.7 Å². The van der Waals surface area contributed by atoms with Gasteiger partial charge in [-0.15, -0.1) is 0 Å². The molecule has 0 saturated heterocycles. The molecule has 0 spiro atoms. The van der Waals surface area contributed by atoms with E-state index in [0.29, 0.717) is 23.2 Å². The summed E-state index contributed by atoms with van der Waals surface area (Å²) in [5.41, 5.74) is 2.45. The molecule has 4 rings (SSSR count). The van der Waals surface area contributed by atoms with Gasteiger partial charge in [0.05, 0.1) is 0 Å². The minimum Gasteiger partial charge on any atom is -0.349 e. The number of carbonyl (C=O) groups is 1. The van der Waals surface area contributed by atoms with Gasteiger partial charge in [-0.2, -0.15) is 0 Å². The summed E-state index contributed by atoms with van der Waals surface area (Å²) in [6.07, 6.45) is 6.28. The summed E-state index contributed by atoms with van der Waals surface area (Å²) < 4.78 is 0. The molecule has 3 aromatic rings. The van der Waals surface area contributed by atoms with E-state index < -0.39 is 0 Å². The van der Waals surface area contributed by atoms with E-state index in [0.717, 1.165) is 24.1 Å². The van der Waals surface area contributed by atoms with Crippen LogP contribution in [0.5, 0.6) is 0 Å². The smallest absolute Gasteiger partial charge is 0.251 e. The number of nitrogens with one attached hydrogen (secondary N) is 2. The van der Waals surface area contributed by atoms with Crippen LogP contribution in [0.4, 0.5) is 11.5 Å². The van der Waals surface area contributed by atoms with E-state index in [4.69, 9.17) is 0 Å². The van der Waals surface area contributed by atoms with Crippen LogP contribution in [0.3, 0.4) is 0 Å². The zero-order valence-electron chi connectivity index (χ0n) is 15.1. The zero-order chi connectivity index (χ0) is 18.5. The summed E-state index contributed by atoms with van der Waals surface area (Å²) in [5, 5.41) is 6.40. The summed E-state index contributed by atoms with van der Waals surface area (Å²) in [4.78, 5) is 21.4. The normalized spacial score (nSPS) is 14.1. The number of anilines is 2. The minimum atomic E-state index is -0.0155. The van der Waals surface area contributed by atoms with Crippen molar-refractivity contribution in [2.24, 2.45) is 0 Å². The lowest BCUT2D eigenvalue weighted by atomic mass is 10.1. The molecule has 5 nitrogen and oxygen atoms in total. The average Bonchev–Trinajstić information content (AvgIpc) is 3.22. The molecule has 136 valence electrons. The number of benzene rings is 2. The topological polar surface area (TPSA) is 66.9 Å².